The fourth-order valence-electron chi connectivity index (χ4n) is 6.96. The molecule has 2 saturated heterocycles. The summed E-state index contributed by atoms with van der Waals surface area (Å²) in [5, 5.41) is 3.47. The first-order valence-corrected chi connectivity index (χ1v) is 15.3. The number of alkyl carbamates (subject to hydrolysis) is 1. The standard InChI is InChI=1S/C31H44ClN3O5/c1-29(2,3)40-27(37)33-25(19-22-9-11-24(32)12-10-22)26(36)34-17-15-30(16-18-34,23-7-5-4-6-8-23)20-35-28(38)39-21-31(35)13-14-31/h9-12,23,25H,4-8,13-21H2,1-3H3,(H,33,37)/t25-/m1/s1. The smallest absolute Gasteiger partial charge is 0.410 e. The zero-order chi connectivity index (χ0) is 28.5. The molecule has 8 nitrogen and oxygen atoms in total. The van der Waals surface area contributed by atoms with E-state index in [-0.39, 0.29) is 23.0 Å². The van der Waals surface area contributed by atoms with Crippen LogP contribution < -0.4 is 5.32 Å². The Hall–Kier alpha value is -2.48. The molecule has 5 rings (SSSR count). The summed E-state index contributed by atoms with van der Waals surface area (Å²) in [6, 6.07) is 6.60. The second-order valence-corrected chi connectivity index (χ2v) is 13.9. The number of amides is 3. The molecule has 4 fully saturated rings. The van der Waals surface area contributed by atoms with Gasteiger partial charge in [0, 0.05) is 31.1 Å². The van der Waals surface area contributed by atoms with Crippen molar-refractivity contribution in [1.82, 2.24) is 15.1 Å². The van der Waals surface area contributed by atoms with Crippen molar-refractivity contribution < 1.29 is 23.9 Å². The Balaban J connectivity index is 1.31. The van der Waals surface area contributed by atoms with Crippen molar-refractivity contribution in [2.45, 2.75) is 102 Å². The predicted octanol–water partition coefficient (Wildman–Crippen LogP) is 5.95. The largest absolute Gasteiger partial charge is 0.447 e. The number of halogens is 1. The first-order valence-electron chi connectivity index (χ1n) is 15.0. The van der Waals surface area contributed by atoms with Gasteiger partial charge >= 0.3 is 12.2 Å². The van der Waals surface area contributed by atoms with Crippen LogP contribution in [-0.4, -0.2) is 71.3 Å². The Labute approximate surface area is 243 Å². The van der Waals surface area contributed by atoms with E-state index >= 15 is 0 Å². The third-order valence-electron chi connectivity index (χ3n) is 9.44. The van der Waals surface area contributed by atoms with Crippen LogP contribution in [0.4, 0.5) is 9.59 Å². The molecule has 2 aliphatic carbocycles. The van der Waals surface area contributed by atoms with Crippen molar-refractivity contribution >= 4 is 29.7 Å². The van der Waals surface area contributed by atoms with Crippen LogP contribution in [0.5, 0.6) is 0 Å². The number of likely N-dealkylation sites (tertiary alicyclic amines) is 1. The molecular formula is C31H44ClN3O5. The summed E-state index contributed by atoms with van der Waals surface area (Å²) in [5.41, 5.74) is 0.139. The molecule has 0 unspecified atom stereocenters. The van der Waals surface area contributed by atoms with Crippen molar-refractivity contribution in [2.75, 3.05) is 26.2 Å². The van der Waals surface area contributed by atoms with Gasteiger partial charge in [0.05, 0.1) is 5.54 Å². The third kappa shape index (κ3) is 6.53. The molecule has 4 aliphatic rings. The van der Waals surface area contributed by atoms with E-state index in [0.29, 0.717) is 37.1 Å². The minimum atomic E-state index is -0.749. The number of ether oxygens (including phenoxy) is 2. The molecule has 1 aromatic rings. The predicted molar refractivity (Wildman–Crippen MR) is 153 cm³/mol. The van der Waals surface area contributed by atoms with Gasteiger partial charge < -0.3 is 19.7 Å². The number of hydrogen-bond donors (Lipinski definition) is 1. The molecular weight excluding hydrogens is 530 g/mol. The average Bonchev–Trinajstić information content (AvgIpc) is 3.65. The fourth-order valence-corrected chi connectivity index (χ4v) is 7.09. The van der Waals surface area contributed by atoms with Gasteiger partial charge in [0.1, 0.15) is 18.2 Å². The quantitative estimate of drug-likeness (QED) is 0.435. The number of benzene rings is 1. The first-order chi connectivity index (χ1) is 19.0. The van der Waals surface area contributed by atoms with Gasteiger partial charge in [-0.1, -0.05) is 43.0 Å². The third-order valence-corrected chi connectivity index (χ3v) is 9.69. The second kappa shape index (κ2) is 11.4. The molecule has 220 valence electrons. The number of hydrogen-bond acceptors (Lipinski definition) is 5. The number of nitrogens with one attached hydrogen (secondary N) is 1. The molecule has 40 heavy (non-hydrogen) atoms. The van der Waals surface area contributed by atoms with Crippen molar-refractivity contribution in [3.05, 3.63) is 34.9 Å². The minimum absolute atomic E-state index is 0.0135. The maximum atomic E-state index is 13.9. The van der Waals surface area contributed by atoms with Crippen LogP contribution in [-0.2, 0) is 20.7 Å². The van der Waals surface area contributed by atoms with Crippen molar-refractivity contribution in [3.8, 4) is 0 Å². The van der Waals surface area contributed by atoms with E-state index in [4.69, 9.17) is 21.1 Å². The molecule has 1 N–H and O–H groups in total. The number of rotatable bonds is 7. The van der Waals surface area contributed by atoms with E-state index in [1.165, 1.54) is 32.1 Å². The zero-order valence-electron chi connectivity index (χ0n) is 24.2. The summed E-state index contributed by atoms with van der Waals surface area (Å²) in [6.07, 6.45) is 9.42. The number of nitrogens with zero attached hydrogens (tertiary/aromatic N) is 2. The topological polar surface area (TPSA) is 88.2 Å². The Morgan fingerprint density at radius 2 is 1.73 bits per heavy atom. The lowest BCUT2D eigenvalue weighted by Gasteiger charge is -2.50. The fraction of sp³-hybridized carbons (Fsp3) is 0.710. The normalized spacial score (nSPS) is 23.1. The van der Waals surface area contributed by atoms with Crippen LogP contribution in [0.3, 0.4) is 0 Å². The lowest BCUT2D eigenvalue weighted by atomic mass is 9.63. The Morgan fingerprint density at radius 1 is 1.07 bits per heavy atom. The van der Waals surface area contributed by atoms with Gasteiger partial charge in [0.2, 0.25) is 5.91 Å². The number of carbonyl (C=O) groups excluding carboxylic acids is 3. The SMILES string of the molecule is CC(C)(C)OC(=O)N[C@H](Cc1ccc(Cl)cc1)C(=O)N1CCC(CN2C(=O)OCC23CC3)(C2CCCCC2)CC1. The van der Waals surface area contributed by atoms with Gasteiger partial charge in [-0.15, -0.1) is 0 Å². The Morgan fingerprint density at radius 3 is 2.33 bits per heavy atom. The lowest BCUT2D eigenvalue weighted by Crippen LogP contribution is -2.57. The molecule has 9 heteroatoms. The van der Waals surface area contributed by atoms with Crippen LogP contribution in [0.1, 0.15) is 84.1 Å². The van der Waals surface area contributed by atoms with Gasteiger partial charge in [-0.25, -0.2) is 9.59 Å². The van der Waals surface area contributed by atoms with Gasteiger partial charge in [-0.3, -0.25) is 9.69 Å². The van der Waals surface area contributed by atoms with Gasteiger partial charge in [0.25, 0.3) is 0 Å². The van der Waals surface area contributed by atoms with Crippen molar-refractivity contribution in [1.29, 1.82) is 0 Å². The molecule has 1 atom stereocenters. The van der Waals surface area contributed by atoms with E-state index in [0.717, 1.165) is 37.8 Å². The van der Waals surface area contributed by atoms with Gasteiger partial charge in [0.15, 0.2) is 0 Å². The molecule has 1 aromatic carbocycles. The average molecular weight is 574 g/mol. The van der Waals surface area contributed by atoms with Crippen LogP contribution in [0.25, 0.3) is 0 Å². The highest BCUT2D eigenvalue weighted by molar-refractivity contribution is 6.30. The number of piperidine rings is 1. The molecule has 2 saturated carbocycles. The summed E-state index contributed by atoms with van der Waals surface area (Å²) in [6.45, 7) is 7.87. The molecule has 2 heterocycles. The van der Waals surface area contributed by atoms with E-state index < -0.39 is 17.7 Å². The summed E-state index contributed by atoms with van der Waals surface area (Å²) in [5.74, 6) is 0.449. The van der Waals surface area contributed by atoms with Crippen LogP contribution >= 0.6 is 11.6 Å². The monoisotopic (exact) mass is 573 g/mol. The number of cyclic esters (lactones) is 1. The van der Waals surface area contributed by atoms with E-state index in [9.17, 15) is 14.4 Å². The number of carbonyl (C=O) groups is 3. The van der Waals surface area contributed by atoms with Crippen LogP contribution in [0, 0.1) is 11.3 Å². The molecule has 1 spiro atoms. The summed E-state index contributed by atoms with van der Waals surface area (Å²) in [7, 11) is 0. The summed E-state index contributed by atoms with van der Waals surface area (Å²) >= 11 is 6.07. The summed E-state index contributed by atoms with van der Waals surface area (Å²) < 4.78 is 11.0. The maximum Gasteiger partial charge on any atom is 0.410 e. The Kier molecular flexibility index (Phi) is 8.29. The lowest BCUT2D eigenvalue weighted by molar-refractivity contribution is -0.137. The second-order valence-electron chi connectivity index (χ2n) is 13.4. The molecule has 2 aliphatic heterocycles. The highest BCUT2D eigenvalue weighted by Crippen LogP contribution is 2.52. The zero-order valence-corrected chi connectivity index (χ0v) is 24.9. The highest BCUT2D eigenvalue weighted by Gasteiger charge is 2.59. The summed E-state index contributed by atoms with van der Waals surface area (Å²) in [4.78, 5) is 43.3. The maximum absolute atomic E-state index is 13.9. The van der Waals surface area contributed by atoms with E-state index in [1.54, 1.807) is 32.9 Å². The molecule has 0 radical (unpaired) electrons. The van der Waals surface area contributed by atoms with Crippen LogP contribution in [0.15, 0.2) is 24.3 Å². The van der Waals surface area contributed by atoms with Crippen molar-refractivity contribution in [2.24, 2.45) is 11.3 Å². The Bertz CT molecular complexity index is 1080. The van der Waals surface area contributed by atoms with Crippen LogP contribution in [0.2, 0.25) is 5.02 Å². The molecule has 0 aromatic heterocycles. The minimum Gasteiger partial charge on any atom is -0.447 e. The molecule has 0 bridgehead atoms. The van der Waals surface area contributed by atoms with Crippen molar-refractivity contribution in [3.63, 3.8) is 0 Å². The van der Waals surface area contributed by atoms with E-state index in [1.807, 2.05) is 21.9 Å². The molecule has 3 amide bonds. The van der Waals surface area contributed by atoms with E-state index in [2.05, 4.69) is 5.32 Å². The highest BCUT2D eigenvalue weighted by atomic mass is 35.5. The first kappa shape index (κ1) is 29.0. The van der Waals surface area contributed by atoms with Gasteiger partial charge in [-0.2, -0.15) is 0 Å². The van der Waals surface area contributed by atoms with Gasteiger partial charge in [-0.05, 0) is 88.3 Å².